The summed E-state index contributed by atoms with van der Waals surface area (Å²) in [6.45, 7) is 2.45. The monoisotopic (exact) mass is 378 g/mol. The van der Waals surface area contributed by atoms with Crippen molar-refractivity contribution in [2.75, 3.05) is 19.0 Å². The lowest BCUT2D eigenvalue weighted by atomic mass is 10.0. The number of hydrogen-bond acceptors (Lipinski definition) is 4. The molecule has 7 nitrogen and oxygen atoms in total. The average molecular weight is 379 g/mol. The normalized spacial score (nSPS) is 13.0. The molecule has 0 aliphatic rings. The van der Waals surface area contributed by atoms with E-state index in [1.54, 1.807) is 7.11 Å². The van der Waals surface area contributed by atoms with Crippen molar-refractivity contribution in [3.8, 4) is 0 Å². The Morgan fingerprint density at radius 1 is 1.31 bits per heavy atom. The zero-order chi connectivity index (χ0) is 19.1. The van der Waals surface area contributed by atoms with Crippen LogP contribution in [-0.4, -0.2) is 30.6 Å². The van der Waals surface area contributed by atoms with Crippen LogP contribution >= 0.6 is 11.6 Å². The van der Waals surface area contributed by atoms with Gasteiger partial charge in [-0.15, -0.1) is 0 Å². The molecule has 3 N–H and O–H groups in total. The highest BCUT2D eigenvalue weighted by atomic mass is 35.5. The fourth-order valence-electron chi connectivity index (χ4n) is 2.61. The van der Waals surface area contributed by atoms with E-state index in [-0.39, 0.29) is 22.7 Å². The number of benzene rings is 2. The van der Waals surface area contributed by atoms with Gasteiger partial charge in [0.2, 0.25) is 0 Å². The van der Waals surface area contributed by atoms with E-state index in [4.69, 9.17) is 16.3 Å². The fourth-order valence-corrected chi connectivity index (χ4v) is 2.79. The molecule has 0 bridgehead atoms. The SMILES string of the molecule is COC[C@H](C)[NH2+][C@H](C(=O)Nc1ccc(Cl)c([N+](=O)[O-])c1)c1ccccc1. The molecule has 138 valence electrons. The van der Waals surface area contributed by atoms with Crippen LogP contribution in [-0.2, 0) is 9.53 Å². The number of rotatable bonds is 8. The first-order valence-electron chi connectivity index (χ1n) is 8.06. The highest BCUT2D eigenvalue weighted by Gasteiger charge is 2.27. The van der Waals surface area contributed by atoms with Crippen LogP contribution in [0.3, 0.4) is 0 Å². The van der Waals surface area contributed by atoms with Gasteiger partial charge in [0.05, 0.1) is 11.5 Å². The molecule has 2 aromatic carbocycles. The van der Waals surface area contributed by atoms with Crippen molar-refractivity contribution in [2.45, 2.75) is 19.0 Å². The summed E-state index contributed by atoms with van der Waals surface area (Å²) in [6.07, 6.45) is 0. The second-order valence-electron chi connectivity index (χ2n) is 5.93. The standard InChI is InChI=1S/C18H20ClN3O4/c1-12(11-26-2)20-17(13-6-4-3-5-7-13)18(23)21-14-8-9-15(19)16(10-14)22(24)25/h3-10,12,17,20H,11H2,1-2H3,(H,21,23)/p+1/t12-,17-/m0/s1. The van der Waals surface area contributed by atoms with Gasteiger partial charge in [0.1, 0.15) is 11.1 Å². The van der Waals surface area contributed by atoms with E-state index in [0.717, 1.165) is 5.56 Å². The summed E-state index contributed by atoms with van der Waals surface area (Å²) in [4.78, 5) is 23.3. The van der Waals surface area contributed by atoms with E-state index in [0.29, 0.717) is 12.3 Å². The maximum Gasteiger partial charge on any atom is 0.289 e. The van der Waals surface area contributed by atoms with Crippen LogP contribution in [0.5, 0.6) is 0 Å². The second-order valence-corrected chi connectivity index (χ2v) is 6.33. The number of ether oxygens (including phenoxy) is 1. The number of nitrogens with zero attached hydrogens (tertiary/aromatic N) is 1. The summed E-state index contributed by atoms with van der Waals surface area (Å²) in [6, 6.07) is 13.0. The molecule has 2 atom stereocenters. The number of anilines is 1. The Morgan fingerprint density at radius 3 is 2.62 bits per heavy atom. The van der Waals surface area contributed by atoms with Gasteiger partial charge in [-0.25, -0.2) is 0 Å². The molecule has 0 saturated carbocycles. The maximum atomic E-state index is 12.8. The molecule has 0 saturated heterocycles. The van der Waals surface area contributed by atoms with Crippen molar-refractivity contribution < 1.29 is 19.8 Å². The Hall–Kier alpha value is -2.48. The summed E-state index contributed by atoms with van der Waals surface area (Å²) in [5, 5.41) is 15.7. The number of carbonyl (C=O) groups excluding carboxylic acids is 1. The Morgan fingerprint density at radius 2 is 2.00 bits per heavy atom. The lowest BCUT2D eigenvalue weighted by Crippen LogP contribution is -2.92. The smallest absolute Gasteiger partial charge is 0.289 e. The van der Waals surface area contributed by atoms with Gasteiger partial charge in [-0.3, -0.25) is 14.9 Å². The largest absolute Gasteiger partial charge is 0.379 e. The zero-order valence-electron chi connectivity index (χ0n) is 14.5. The molecule has 0 aromatic heterocycles. The van der Waals surface area contributed by atoms with Crippen molar-refractivity contribution in [3.63, 3.8) is 0 Å². The van der Waals surface area contributed by atoms with Crippen molar-refractivity contribution in [3.05, 3.63) is 69.2 Å². The molecule has 26 heavy (non-hydrogen) atoms. The van der Waals surface area contributed by atoms with Crippen LogP contribution in [0.2, 0.25) is 5.02 Å². The molecule has 2 aromatic rings. The number of amides is 1. The van der Waals surface area contributed by atoms with Crippen LogP contribution in [0.1, 0.15) is 18.5 Å². The number of nitro groups is 1. The minimum atomic E-state index is -0.584. The van der Waals surface area contributed by atoms with Gasteiger partial charge in [0.25, 0.3) is 11.6 Å². The third kappa shape index (κ3) is 5.26. The Bertz CT molecular complexity index is 770. The molecule has 0 fully saturated rings. The lowest BCUT2D eigenvalue weighted by Gasteiger charge is -2.19. The number of methoxy groups -OCH3 is 1. The quantitative estimate of drug-likeness (QED) is 0.544. The highest BCUT2D eigenvalue weighted by molar-refractivity contribution is 6.32. The molecular weight excluding hydrogens is 358 g/mol. The molecule has 1 amide bonds. The number of carbonyl (C=O) groups is 1. The number of nitrogens with two attached hydrogens (primary N) is 1. The number of hydrogen-bond donors (Lipinski definition) is 2. The summed E-state index contributed by atoms with van der Waals surface area (Å²) < 4.78 is 5.14. The molecule has 0 heterocycles. The van der Waals surface area contributed by atoms with Crippen molar-refractivity contribution in [1.29, 1.82) is 0 Å². The number of nitrogens with one attached hydrogen (secondary N) is 1. The van der Waals surface area contributed by atoms with Crippen LogP contribution in [0.15, 0.2) is 48.5 Å². The predicted octanol–water partition coefficient (Wildman–Crippen LogP) is 2.53. The minimum absolute atomic E-state index is 0.0212. The van der Waals surface area contributed by atoms with E-state index >= 15 is 0 Å². The first-order valence-corrected chi connectivity index (χ1v) is 8.44. The van der Waals surface area contributed by atoms with Gasteiger partial charge >= 0.3 is 0 Å². The van der Waals surface area contributed by atoms with E-state index < -0.39 is 11.0 Å². The third-order valence-corrected chi connectivity index (χ3v) is 4.12. The summed E-state index contributed by atoms with van der Waals surface area (Å²) in [5.74, 6) is -0.282. The van der Waals surface area contributed by atoms with Gasteiger partial charge in [-0.2, -0.15) is 0 Å². The van der Waals surface area contributed by atoms with Gasteiger partial charge in [-0.1, -0.05) is 41.9 Å². The highest BCUT2D eigenvalue weighted by Crippen LogP contribution is 2.27. The van der Waals surface area contributed by atoms with Crippen LogP contribution < -0.4 is 10.6 Å². The topological polar surface area (TPSA) is 98.1 Å². The molecule has 0 aliphatic heterocycles. The summed E-state index contributed by atoms with van der Waals surface area (Å²) in [7, 11) is 1.61. The van der Waals surface area contributed by atoms with Gasteiger partial charge in [-0.05, 0) is 19.1 Å². The Kier molecular flexibility index (Phi) is 7.08. The van der Waals surface area contributed by atoms with Crippen LogP contribution in [0, 0.1) is 10.1 Å². The van der Waals surface area contributed by atoms with E-state index in [2.05, 4.69) is 5.32 Å². The molecular formula is C18H21ClN3O4+. The number of nitro benzene ring substituents is 1. The van der Waals surface area contributed by atoms with Crippen LogP contribution in [0.25, 0.3) is 0 Å². The molecule has 0 spiro atoms. The van der Waals surface area contributed by atoms with Crippen molar-refractivity contribution in [1.82, 2.24) is 0 Å². The molecule has 8 heteroatoms. The van der Waals surface area contributed by atoms with Crippen molar-refractivity contribution >= 4 is 28.9 Å². The van der Waals surface area contributed by atoms with Gasteiger partial charge < -0.3 is 15.4 Å². The average Bonchev–Trinajstić information content (AvgIpc) is 2.62. The van der Waals surface area contributed by atoms with E-state index in [1.165, 1.54) is 18.2 Å². The van der Waals surface area contributed by atoms with Crippen LogP contribution in [0.4, 0.5) is 11.4 Å². The molecule has 0 unspecified atom stereocenters. The summed E-state index contributed by atoms with van der Waals surface area (Å²) >= 11 is 5.82. The Labute approximate surface area is 156 Å². The minimum Gasteiger partial charge on any atom is -0.379 e. The Balaban J connectivity index is 2.23. The molecule has 0 radical (unpaired) electrons. The number of halogens is 1. The third-order valence-electron chi connectivity index (χ3n) is 3.80. The first kappa shape index (κ1) is 19.8. The predicted molar refractivity (Wildman–Crippen MR) is 99.2 cm³/mol. The van der Waals surface area contributed by atoms with E-state index in [9.17, 15) is 14.9 Å². The first-order chi connectivity index (χ1) is 12.4. The van der Waals surface area contributed by atoms with Crippen molar-refractivity contribution in [2.24, 2.45) is 0 Å². The van der Waals surface area contributed by atoms with Gasteiger partial charge in [0.15, 0.2) is 6.04 Å². The van der Waals surface area contributed by atoms with Gasteiger partial charge in [0, 0.05) is 24.4 Å². The maximum absolute atomic E-state index is 12.8. The second kappa shape index (κ2) is 9.28. The molecule has 0 aliphatic carbocycles. The number of quaternary nitrogens is 1. The lowest BCUT2D eigenvalue weighted by molar-refractivity contribution is -0.713. The van der Waals surface area contributed by atoms with E-state index in [1.807, 2.05) is 42.6 Å². The summed E-state index contributed by atoms with van der Waals surface area (Å²) in [5.41, 5.74) is 0.897. The zero-order valence-corrected chi connectivity index (χ0v) is 15.3. The fraction of sp³-hybridized carbons (Fsp3) is 0.278. The molecule has 2 rings (SSSR count).